The fourth-order valence-corrected chi connectivity index (χ4v) is 2.32. The van der Waals surface area contributed by atoms with E-state index >= 15 is 0 Å². The Morgan fingerprint density at radius 1 is 1.56 bits per heavy atom. The summed E-state index contributed by atoms with van der Waals surface area (Å²) in [6, 6.07) is -0.282. The van der Waals surface area contributed by atoms with Crippen LogP contribution < -0.4 is 5.32 Å². The van der Waals surface area contributed by atoms with Gasteiger partial charge in [0.05, 0.1) is 12.7 Å². The highest BCUT2D eigenvalue weighted by Gasteiger charge is 2.26. The van der Waals surface area contributed by atoms with Crippen LogP contribution in [-0.4, -0.2) is 62.1 Å². The Kier molecular flexibility index (Phi) is 6.89. The monoisotopic (exact) mass is 272 g/mol. The Morgan fingerprint density at radius 2 is 2.12 bits per heavy atom. The van der Waals surface area contributed by atoms with Crippen LogP contribution in [0.5, 0.6) is 0 Å². The number of hydrogen-bond donors (Lipinski definition) is 2. The average molecular weight is 273 g/mol. The van der Waals surface area contributed by atoms with Crippen molar-refractivity contribution in [2.24, 2.45) is 0 Å². The van der Waals surface area contributed by atoms with Crippen LogP contribution in [-0.2, 0) is 14.8 Å². The number of halogens is 1. The Labute approximate surface area is 101 Å². The minimum absolute atomic E-state index is 0.0496. The maximum atomic E-state index is 11.2. The van der Waals surface area contributed by atoms with Crippen molar-refractivity contribution >= 4 is 27.6 Å². The largest absolute Gasteiger partial charge is 0.481 e. The molecule has 0 bridgehead atoms. The van der Waals surface area contributed by atoms with E-state index in [1.165, 1.54) is 10.7 Å². The summed E-state index contributed by atoms with van der Waals surface area (Å²) in [5.41, 5.74) is 0. The number of carboxylic acid groups (broad SMARTS) is 1. The summed E-state index contributed by atoms with van der Waals surface area (Å²) in [4.78, 5) is 10.4. The Hall–Kier alpha value is -0.370. The maximum Gasteiger partial charge on any atom is 0.304 e. The van der Waals surface area contributed by atoms with Crippen molar-refractivity contribution in [3.8, 4) is 0 Å². The van der Waals surface area contributed by atoms with E-state index in [2.05, 4.69) is 16.9 Å². The molecule has 1 rings (SSSR count). The Balaban J connectivity index is 0.00000106. The van der Waals surface area contributed by atoms with E-state index in [4.69, 9.17) is 5.11 Å². The molecule has 0 aliphatic carbocycles. The number of nitrogens with zero attached hydrogens (tertiary/aromatic N) is 1. The SMILES string of the molecule is CCl.CS(=O)(=O)N1CCNC(CC(=O)O)C1. The third kappa shape index (κ3) is 5.64. The second-order valence-electron chi connectivity index (χ2n) is 3.37. The van der Waals surface area contributed by atoms with Gasteiger partial charge in [-0.25, -0.2) is 8.42 Å². The molecule has 1 saturated heterocycles. The number of piperazine rings is 1. The van der Waals surface area contributed by atoms with Gasteiger partial charge in [0.2, 0.25) is 10.0 Å². The number of hydrogen-bond acceptors (Lipinski definition) is 4. The van der Waals surface area contributed by atoms with E-state index in [0.29, 0.717) is 13.1 Å². The summed E-state index contributed by atoms with van der Waals surface area (Å²) in [7, 11) is -3.19. The number of rotatable bonds is 3. The normalized spacial score (nSPS) is 22.1. The van der Waals surface area contributed by atoms with Gasteiger partial charge < -0.3 is 10.4 Å². The van der Waals surface area contributed by atoms with E-state index in [1.54, 1.807) is 0 Å². The molecule has 0 radical (unpaired) electrons. The van der Waals surface area contributed by atoms with Crippen molar-refractivity contribution in [3.05, 3.63) is 0 Å². The number of alkyl halides is 1. The molecule has 0 amide bonds. The molecule has 96 valence electrons. The average Bonchev–Trinajstić information content (AvgIpc) is 2.19. The number of nitrogens with one attached hydrogen (secondary N) is 1. The first kappa shape index (κ1) is 15.6. The summed E-state index contributed by atoms with van der Waals surface area (Å²) in [6.45, 7) is 1.16. The zero-order chi connectivity index (χ0) is 12.8. The minimum Gasteiger partial charge on any atom is -0.481 e. The lowest BCUT2D eigenvalue weighted by Crippen LogP contribution is -2.52. The molecule has 1 fully saturated rings. The van der Waals surface area contributed by atoms with E-state index < -0.39 is 16.0 Å². The van der Waals surface area contributed by atoms with Crippen LogP contribution in [0.4, 0.5) is 0 Å². The fraction of sp³-hybridized carbons (Fsp3) is 0.875. The Bertz CT molecular complexity index is 320. The zero-order valence-electron chi connectivity index (χ0n) is 9.31. The molecule has 1 aliphatic heterocycles. The van der Waals surface area contributed by atoms with Gasteiger partial charge in [0, 0.05) is 32.1 Å². The van der Waals surface area contributed by atoms with E-state index in [-0.39, 0.29) is 19.0 Å². The highest BCUT2D eigenvalue weighted by atomic mass is 35.5. The first-order valence-electron chi connectivity index (χ1n) is 4.67. The summed E-state index contributed by atoms with van der Waals surface area (Å²) in [6.07, 6.45) is 2.56. The van der Waals surface area contributed by atoms with Crippen LogP contribution in [0.25, 0.3) is 0 Å². The fourth-order valence-electron chi connectivity index (χ4n) is 1.44. The number of carbonyl (C=O) groups is 1. The number of sulfonamides is 1. The molecule has 1 atom stereocenters. The van der Waals surface area contributed by atoms with Crippen LogP contribution in [0, 0.1) is 0 Å². The predicted octanol–water partition coefficient (Wildman–Crippen LogP) is -0.450. The van der Waals surface area contributed by atoms with Gasteiger partial charge in [0.1, 0.15) is 0 Å². The second kappa shape index (κ2) is 7.05. The van der Waals surface area contributed by atoms with Gasteiger partial charge >= 0.3 is 5.97 Å². The maximum absolute atomic E-state index is 11.2. The van der Waals surface area contributed by atoms with Crippen molar-refractivity contribution in [1.82, 2.24) is 9.62 Å². The van der Waals surface area contributed by atoms with Gasteiger partial charge in [0.15, 0.2) is 0 Å². The van der Waals surface area contributed by atoms with E-state index in [1.807, 2.05) is 0 Å². The highest BCUT2D eigenvalue weighted by Crippen LogP contribution is 2.06. The molecule has 1 aliphatic rings. The third-order valence-electron chi connectivity index (χ3n) is 2.11. The molecular weight excluding hydrogens is 256 g/mol. The summed E-state index contributed by atoms with van der Waals surface area (Å²) >= 11 is 4.64. The quantitative estimate of drug-likeness (QED) is 0.680. The lowest BCUT2D eigenvalue weighted by Gasteiger charge is -2.31. The molecule has 0 aromatic carbocycles. The smallest absolute Gasteiger partial charge is 0.304 e. The van der Waals surface area contributed by atoms with Gasteiger partial charge in [-0.05, 0) is 0 Å². The summed E-state index contributed by atoms with van der Waals surface area (Å²) in [5, 5.41) is 11.5. The molecule has 0 spiro atoms. The molecule has 0 saturated carbocycles. The van der Waals surface area contributed by atoms with Gasteiger partial charge in [-0.2, -0.15) is 4.31 Å². The number of aliphatic carboxylic acids is 1. The number of carboxylic acids is 1. The van der Waals surface area contributed by atoms with Crippen LogP contribution in [0.1, 0.15) is 6.42 Å². The molecule has 1 unspecified atom stereocenters. The molecule has 8 heteroatoms. The van der Waals surface area contributed by atoms with Gasteiger partial charge in [-0.3, -0.25) is 4.79 Å². The molecular formula is C8H17ClN2O4S. The summed E-state index contributed by atoms with van der Waals surface area (Å²) in [5.74, 6) is -0.919. The topological polar surface area (TPSA) is 86.7 Å². The van der Waals surface area contributed by atoms with Crippen LogP contribution in [0.15, 0.2) is 0 Å². The zero-order valence-corrected chi connectivity index (χ0v) is 10.9. The van der Waals surface area contributed by atoms with Gasteiger partial charge in [-0.1, -0.05) is 0 Å². The van der Waals surface area contributed by atoms with Gasteiger partial charge in [0.25, 0.3) is 0 Å². The highest BCUT2D eigenvalue weighted by molar-refractivity contribution is 7.88. The van der Waals surface area contributed by atoms with Crippen molar-refractivity contribution in [3.63, 3.8) is 0 Å². The molecule has 1 heterocycles. The van der Waals surface area contributed by atoms with Crippen LogP contribution in [0.3, 0.4) is 0 Å². The van der Waals surface area contributed by atoms with Crippen molar-refractivity contribution in [2.45, 2.75) is 12.5 Å². The molecule has 16 heavy (non-hydrogen) atoms. The van der Waals surface area contributed by atoms with Crippen molar-refractivity contribution in [1.29, 1.82) is 0 Å². The molecule has 6 nitrogen and oxygen atoms in total. The van der Waals surface area contributed by atoms with Crippen molar-refractivity contribution < 1.29 is 18.3 Å². The predicted molar refractivity (Wildman–Crippen MR) is 62.2 cm³/mol. The van der Waals surface area contributed by atoms with Crippen LogP contribution in [0.2, 0.25) is 0 Å². The first-order valence-corrected chi connectivity index (χ1v) is 7.28. The van der Waals surface area contributed by atoms with E-state index in [0.717, 1.165) is 6.26 Å². The van der Waals surface area contributed by atoms with Crippen LogP contribution >= 0.6 is 11.6 Å². The minimum atomic E-state index is -3.19. The van der Waals surface area contributed by atoms with Crippen molar-refractivity contribution in [2.75, 3.05) is 32.3 Å². The van der Waals surface area contributed by atoms with Gasteiger partial charge in [-0.15, -0.1) is 11.6 Å². The Morgan fingerprint density at radius 3 is 2.56 bits per heavy atom. The molecule has 0 aromatic heterocycles. The lowest BCUT2D eigenvalue weighted by molar-refractivity contribution is -0.137. The first-order chi connectivity index (χ1) is 7.39. The standard InChI is InChI=1S/C7H14N2O4S.CH3Cl/c1-14(12,13)9-3-2-8-6(5-9)4-7(10)11;1-2/h6,8H,2-5H2,1H3,(H,10,11);1H3. The third-order valence-corrected chi connectivity index (χ3v) is 3.38. The lowest BCUT2D eigenvalue weighted by atomic mass is 10.2. The second-order valence-corrected chi connectivity index (χ2v) is 5.35. The van der Waals surface area contributed by atoms with E-state index in [9.17, 15) is 13.2 Å². The summed E-state index contributed by atoms with van der Waals surface area (Å²) < 4.78 is 23.6. The molecule has 0 aromatic rings. The molecule has 2 N–H and O–H groups in total.